The SMILES string of the molecule is CC(C)(C)NCCCn1cc(C(F)(F)F)cn1. The van der Waals surface area contributed by atoms with Crippen LogP contribution in [0.15, 0.2) is 12.4 Å². The average Bonchev–Trinajstić information content (AvgIpc) is 2.58. The Balaban J connectivity index is 2.36. The van der Waals surface area contributed by atoms with E-state index in [1.807, 2.05) is 20.8 Å². The molecular formula is C11H18F3N3. The van der Waals surface area contributed by atoms with Crippen LogP contribution in [0.3, 0.4) is 0 Å². The molecule has 0 saturated heterocycles. The van der Waals surface area contributed by atoms with E-state index in [9.17, 15) is 13.2 Å². The van der Waals surface area contributed by atoms with Crippen LogP contribution in [0.25, 0.3) is 0 Å². The number of hydrogen-bond acceptors (Lipinski definition) is 2. The maximum absolute atomic E-state index is 12.3. The Kier molecular flexibility index (Phi) is 4.19. The van der Waals surface area contributed by atoms with Crippen LogP contribution in [0, 0.1) is 0 Å². The lowest BCUT2D eigenvalue weighted by Gasteiger charge is -2.20. The fraction of sp³-hybridized carbons (Fsp3) is 0.727. The van der Waals surface area contributed by atoms with Gasteiger partial charge >= 0.3 is 6.18 Å². The second kappa shape index (κ2) is 5.08. The van der Waals surface area contributed by atoms with Crippen molar-refractivity contribution in [2.75, 3.05) is 6.54 Å². The summed E-state index contributed by atoms with van der Waals surface area (Å²) in [5, 5.41) is 6.95. The summed E-state index contributed by atoms with van der Waals surface area (Å²) < 4.78 is 38.2. The van der Waals surface area contributed by atoms with Crippen molar-refractivity contribution < 1.29 is 13.2 Å². The Labute approximate surface area is 99.0 Å². The molecular weight excluding hydrogens is 231 g/mol. The van der Waals surface area contributed by atoms with Gasteiger partial charge in [0.05, 0.1) is 11.8 Å². The van der Waals surface area contributed by atoms with Gasteiger partial charge in [-0.3, -0.25) is 4.68 Å². The van der Waals surface area contributed by atoms with Gasteiger partial charge in [-0.1, -0.05) is 0 Å². The number of alkyl halides is 3. The molecule has 1 heterocycles. The van der Waals surface area contributed by atoms with Crippen molar-refractivity contribution >= 4 is 0 Å². The third kappa shape index (κ3) is 5.21. The predicted molar refractivity (Wildman–Crippen MR) is 59.6 cm³/mol. The molecule has 0 aliphatic heterocycles. The van der Waals surface area contributed by atoms with Crippen molar-refractivity contribution in [3.8, 4) is 0 Å². The van der Waals surface area contributed by atoms with E-state index >= 15 is 0 Å². The normalized spacial score (nSPS) is 13.1. The first kappa shape index (κ1) is 14.0. The number of aryl methyl sites for hydroxylation is 1. The zero-order valence-corrected chi connectivity index (χ0v) is 10.3. The summed E-state index contributed by atoms with van der Waals surface area (Å²) in [6.45, 7) is 7.37. The maximum Gasteiger partial charge on any atom is 0.419 e. The highest BCUT2D eigenvalue weighted by Gasteiger charge is 2.32. The van der Waals surface area contributed by atoms with Gasteiger partial charge in [0.15, 0.2) is 0 Å². The molecule has 0 aliphatic rings. The van der Waals surface area contributed by atoms with Gasteiger partial charge in [-0.25, -0.2) is 0 Å². The van der Waals surface area contributed by atoms with Crippen LogP contribution in [-0.4, -0.2) is 21.9 Å². The first-order valence-corrected chi connectivity index (χ1v) is 5.53. The molecule has 1 rings (SSSR count). The van der Waals surface area contributed by atoms with Gasteiger partial charge in [0.1, 0.15) is 0 Å². The topological polar surface area (TPSA) is 29.9 Å². The molecule has 0 saturated carbocycles. The largest absolute Gasteiger partial charge is 0.419 e. The predicted octanol–water partition coefficient (Wildman–Crippen LogP) is 2.68. The number of hydrogen-bond donors (Lipinski definition) is 1. The van der Waals surface area contributed by atoms with Crippen LogP contribution >= 0.6 is 0 Å². The molecule has 3 nitrogen and oxygen atoms in total. The molecule has 98 valence electrons. The minimum Gasteiger partial charge on any atom is -0.312 e. The van der Waals surface area contributed by atoms with Crippen molar-refractivity contribution in [2.45, 2.75) is 45.5 Å². The molecule has 1 aromatic heterocycles. The van der Waals surface area contributed by atoms with E-state index in [0.29, 0.717) is 6.54 Å². The van der Waals surface area contributed by atoms with E-state index in [0.717, 1.165) is 25.4 Å². The van der Waals surface area contributed by atoms with Crippen molar-refractivity contribution in [1.29, 1.82) is 0 Å². The second-order valence-electron chi connectivity index (χ2n) is 5.02. The molecule has 0 amide bonds. The minimum atomic E-state index is -4.30. The molecule has 0 unspecified atom stereocenters. The summed E-state index contributed by atoms with van der Waals surface area (Å²) in [4.78, 5) is 0. The van der Waals surface area contributed by atoms with Gasteiger partial charge in [-0.2, -0.15) is 18.3 Å². The Bertz CT molecular complexity index is 350. The van der Waals surface area contributed by atoms with Gasteiger partial charge in [-0.05, 0) is 33.7 Å². The summed E-state index contributed by atoms with van der Waals surface area (Å²) in [7, 11) is 0. The number of halogens is 3. The Hall–Kier alpha value is -1.04. The van der Waals surface area contributed by atoms with Crippen LogP contribution in [0.4, 0.5) is 13.2 Å². The minimum absolute atomic E-state index is 0.0290. The Morgan fingerprint density at radius 1 is 1.29 bits per heavy atom. The third-order valence-corrected chi connectivity index (χ3v) is 2.18. The summed E-state index contributed by atoms with van der Waals surface area (Å²) in [5.41, 5.74) is -0.664. The van der Waals surface area contributed by atoms with E-state index in [4.69, 9.17) is 0 Å². The zero-order chi connectivity index (χ0) is 13.1. The van der Waals surface area contributed by atoms with Gasteiger partial charge < -0.3 is 5.32 Å². The third-order valence-electron chi connectivity index (χ3n) is 2.18. The van der Waals surface area contributed by atoms with Gasteiger partial charge in [-0.15, -0.1) is 0 Å². The van der Waals surface area contributed by atoms with Crippen molar-refractivity contribution in [3.05, 3.63) is 18.0 Å². The lowest BCUT2D eigenvalue weighted by atomic mass is 10.1. The fourth-order valence-electron chi connectivity index (χ4n) is 1.34. The average molecular weight is 249 g/mol. The quantitative estimate of drug-likeness (QED) is 0.831. The Morgan fingerprint density at radius 2 is 1.94 bits per heavy atom. The lowest BCUT2D eigenvalue weighted by molar-refractivity contribution is -0.137. The Morgan fingerprint density at radius 3 is 2.41 bits per heavy atom. The number of nitrogens with zero attached hydrogens (tertiary/aromatic N) is 2. The van der Waals surface area contributed by atoms with Gasteiger partial charge in [0, 0.05) is 18.3 Å². The highest BCUT2D eigenvalue weighted by atomic mass is 19.4. The van der Waals surface area contributed by atoms with Crippen LogP contribution in [0.5, 0.6) is 0 Å². The van der Waals surface area contributed by atoms with Crippen molar-refractivity contribution in [2.24, 2.45) is 0 Å². The van der Waals surface area contributed by atoms with Crippen LogP contribution in [0.1, 0.15) is 32.8 Å². The van der Waals surface area contributed by atoms with Crippen LogP contribution in [-0.2, 0) is 12.7 Å². The van der Waals surface area contributed by atoms with Gasteiger partial charge in [0.2, 0.25) is 0 Å². The number of nitrogens with one attached hydrogen (secondary N) is 1. The smallest absolute Gasteiger partial charge is 0.312 e. The molecule has 0 aliphatic carbocycles. The van der Waals surface area contributed by atoms with Crippen molar-refractivity contribution in [1.82, 2.24) is 15.1 Å². The fourth-order valence-corrected chi connectivity index (χ4v) is 1.34. The van der Waals surface area contributed by atoms with Crippen molar-refractivity contribution in [3.63, 3.8) is 0 Å². The highest BCUT2D eigenvalue weighted by molar-refractivity contribution is 5.08. The standard InChI is InChI=1S/C11H18F3N3/c1-10(2,3)15-5-4-6-17-8-9(7-16-17)11(12,13)14/h7-8,15H,4-6H2,1-3H3. The monoisotopic (exact) mass is 249 g/mol. The molecule has 0 atom stereocenters. The maximum atomic E-state index is 12.3. The number of aromatic nitrogens is 2. The van der Waals surface area contributed by atoms with E-state index in [2.05, 4.69) is 10.4 Å². The summed E-state index contributed by atoms with van der Waals surface area (Å²) in [6, 6.07) is 0. The van der Waals surface area contributed by atoms with E-state index in [1.54, 1.807) is 0 Å². The molecule has 0 radical (unpaired) electrons. The van der Waals surface area contributed by atoms with E-state index in [1.165, 1.54) is 4.68 Å². The van der Waals surface area contributed by atoms with E-state index < -0.39 is 11.7 Å². The van der Waals surface area contributed by atoms with E-state index in [-0.39, 0.29) is 5.54 Å². The summed E-state index contributed by atoms with van der Waals surface area (Å²) >= 11 is 0. The zero-order valence-electron chi connectivity index (χ0n) is 10.3. The molecule has 1 aromatic rings. The summed E-state index contributed by atoms with van der Waals surface area (Å²) in [6.07, 6.45) is -1.66. The molecule has 0 spiro atoms. The van der Waals surface area contributed by atoms with Crippen LogP contribution < -0.4 is 5.32 Å². The summed E-state index contributed by atoms with van der Waals surface area (Å²) in [5.74, 6) is 0. The molecule has 0 bridgehead atoms. The van der Waals surface area contributed by atoms with Gasteiger partial charge in [0.25, 0.3) is 0 Å². The molecule has 6 heteroatoms. The lowest BCUT2D eigenvalue weighted by Crippen LogP contribution is -2.36. The first-order valence-electron chi connectivity index (χ1n) is 5.53. The highest BCUT2D eigenvalue weighted by Crippen LogP contribution is 2.28. The molecule has 17 heavy (non-hydrogen) atoms. The number of rotatable bonds is 4. The molecule has 0 fully saturated rings. The van der Waals surface area contributed by atoms with Crippen LogP contribution in [0.2, 0.25) is 0 Å². The molecule has 0 aromatic carbocycles. The molecule has 1 N–H and O–H groups in total. The second-order valence-corrected chi connectivity index (χ2v) is 5.02. The first-order chi connectivity index (χ1) is 7.68.